The van der Waals surface area contributed by atoms with E-state index < -0.39 is 0 Å². The number of ketones is 1. The molecule has 1 N–H and O–H groups in total. The molecule has 0 bridgehead atoms. The average Bonchev–Trinajstić information content (AvgIpc) is 2.22. The molecule has 1 amide bonds. The molecule has 0 aromatic heterocycles. The Morgan fingerprint density at radius 3 is 2.19 bits per heavy atom. The van der Waals surface area contributed by atoms with Crippen molar-refractivity contribution in [1.82, 2.24) is 5.32 Å². The SMILES string of the molecule is CCCCCCCCC(=O)CCNC(C)=O. The highest BCUT2D eigenvalue weighted by Gasteiger charge is 2.01. The minimum Gasteiger partial charge on any atom is -0.356 e. The minimum absolute atomic E-state index is 0.0626. The fourth-order valence-corrected chi connectivity index (χ4v) is 1.61. The summed E-state index contributed by atoms with van der Waals surface area (Å²) < 4.78 is 0. The first kappa shape index (κ1) is 15.1. The summed E-state index contributed by atoms with van der Waals surface area (Å²) in [6, 6.07) is 0. The van der Waals surface area contributed by atoms with Gasteiger partial charge < -0.3 is 5.32 Å². The second kappa shape index (κ2) is 10.7. The van der Waals surface area contributed by atoms with Crippen LogP contribution < -0.4 is 5.32 Å². The van der Waals surface area contributed by atoms with Crippen LogP contribution in [0.3, 0.4) is 0 Å². The Morgan fingerprint density at radius 2 is 1.56 bits per heavy atom. The van der Waals surface area contributed by atoms with Gasteiger partial charge in [0, 0.05) is 26.3 Å². The molecule has 3 heteroatoms. The van der Waals surface area contributed by atoms with Gasteiger partial charge >= 0.3 is 0 Å². The molecule has 0 aromatic carbocycles. The van der Waals surface area contributed by atoms with E-state index in [0.29, 0.717) is 19.4 Å². The zero-order chi connectivity index (χ0) is 12.2. The van der Waals surface area contributed by atoms with Crippen LogP contribution in [0.25, 0.3) is 0 Å². The fourth-order valence-electron chi connectivity index (χ4n) is 1.61. The third-order valence-electron chi connectivity index (χ3n) is 2.59. The number of unbranched alkanes of at least 4 members (excludes halogenated alkanes) is 5. The smallest absolute Gasteiger partial charge is 0.216 e. The third-order valence-corrected chi connectivity index (χ3v) is 2.59. The van der Waals surface area contributed by atoms with Crippen molar-refractivity contribution >= 4 is 11.7 Å². The lowest BCUT2D eigenvalue weighted by atomic mass is 10.1. The lowest BCUT2D eigenvalue weighted by Crippen LogP contribution is -2.22. The van der Waals surface area contributed by atoms with Crippen molar-refractivity contribution in [1.29, 1.82) is 0 Å². The number of carbonyl (C=O) groups excluding carboxylic acids is 2. The molecule has 0 rings (SSSR count). The molecule has 0 fully saturated rings. The highest BCUT2D eigenvalue weighted by Crippen LogP contribution is 2.07. The second-order valence-corrected chi connectivity index (χ2v) is 4.29. The summed E-state index contributed by atoms with van der Waals surface area (Å²) in [6.07, 6.45) is 8.41. The summed E-state index contributed by atoms with van der Waals surface area (Å²) in [6.45, 7) is 4.16. The Hall–Kier alpha value is -0.860. The number of rotatable bonds is 10. The van der Waals surface area contributed by atoms with Gasteiger partial charge in [0.05, 0.1) is 0 Å². The molecule has 0 unspecified atom stereocenters. The van der Waals surface area contributed by atoms with E-state index in [-0.39, 0.29) is 11.7 Å². The van der Waals surface area contributed by atoms with Crippen molar-refractivity contribution in [2.75, 3.05) is 6.54 Å². The largest absolute Gasteiger partial charge is 0.356 e. The van der Waals surface area contributed by atoms with Crippen LogP contribution in [-0.4, -0.2) is 18.2 Å². The predicted molar refractivity (Wildman–Crippen MR) is 66.3 cm³/mol. The molecule has 0 aliphatic heterocycles. The first-order chi connectivity index (χ1) is 7.66. The quantitative estimate of drug-likeness (QED) is 0.583. The highest BCUT2D eigenvalue weighted by molar-refractivity contribution is 5.79. The number of hydrogen-bond acceptors (Lipinski definition) is 2. The van der Waals surface area contributed by atoms with Crippen LogP contribution in [0.15, 0.2) is 0 Å². The van der Waals surface area contributed by atoms with Gasteiger partial charge in [-0.25, -0.2) is 0 Å². The van der Waals surface area contributed by atoms with E-state index in [4.69, 9.17) is 0 Å². The molecule has 0 spiro atoms. The van der Waals surface area contributed by atoms with E-state index in [1.165, 1.54) is 32.6 Å². The summed E-state index contributed by atoms with van der Waals surface area (Å²) in [5.74, 6) is 0.205. The number of hydrogen-bond donors (Lipinski definition) is 1. The second-order valence-electron chi connectivity index (χ2n) is 4.29. The molecule has 0 saturated heterocycles. The number of carbonyl (C=O) groups is 2. The molecule has 0 atom stereocenters. The van der Waals surface area contributed by atoms with Crippen LogP contribution in [0.1, 0.15) is 65.2 Å². The summed E-state index contributed by atoms with van der Waals surface area (Å²) in [4.78, 5) is 21.9. The van der Waals surface area contributed by atoms with Gasteiger partial charge in [0.25, 0.3) is 0 Å². The van der Waals surface area contributed by atoms with Crippen molar-refractivity contribution in [3.05, 3.63) is 0 Å². The molecule has 16 heavy (non-hydrogen) atoms. The average molecular weight is 227 g/mol. The van der Waals surface area contributed by atoms with Crippen molar-refractivity contribution < 1.29 is 9.59 Å². The number of amides is 1. The molecule has 0 aliphatic rings. The fraction of sp³-hybridized carbons (Fsp3) is 0.846. The molecular formula is C13H25NO2. The molecule has 3 nitrogen and oxygen atoms in total. The lowest BCUT2D eigenvalue weighted by molar-refractivity contribution is -0.120. The van der Waals surface area contributed by atoms with E-state index >= 15 is 0 Å². The molecular weight excluding hydrogens is 202 g/mol. The van der Waals surface area contributed by atoms with Crippen molar-refractivity contribution in [2.24, 2.45) is 0 Å². The summed E-state index contributed by atoms with van der Waals surface area (Å²) in [5, 5.41) is 2.63. The molecule has 94 valence electrons. The van der Waals surface area contributed by atoms with Gasteiger partial charge in [-0.15, -0.1) is 0 Å². The van der Waals surface area contributed by atoms with Gasteiger partial charge in [0.2, 0.25) is 5.91 Å². The Balaban J connectivity index is 3.20. The van der Waals surface area contributed by atoms with Crippen LogP contribution in [0.5, 0.6) is 0 Å². The van der Waals surface area contributed by atoms with E-state index in [1.54, 1.807) is 0 Å². The van der Waals surface area contributed by atoms with Crippen LogP contribution in [0.4, 0.5) is 0 Å². The monoisotopic (exact) mass is 227 g/mol. The molecule has 0 aliphatic carbocycles. The van der Waals surface area contributed by atoms with E-state index in [0.717, 1.165) is 12.8 Å². The van der Waals surface area contributed by atoms with Crippen LogP contribution in [-0.2, 0) is 9.59 Å². The van der Waals surface area contributed by atoms with Gasteiger partial charge in [-0.2, -0.15) is 0 Å². The standard InChI is InChI=1S/C13H25NO2/c1-3-4-5-6-7-8-9-13(16)10-11-14-12(2)15/h3-11H2,1-2H3,(H,14,15). The highest BCUT2D eigenvalue weighted by atomic mass is 16.1. The first-order valence-corrected chi connectivity index (χ1v) is 6.43. The van der Waals surface area contributed by atoms with E-state index in [9.17, 15) is 9.59 Å². The van der Waals surface area contributed by atoms with Crippen LogP contribution >= 0.6 is 0 Å². The Morgan fingerprint density at radius 1 is 0.938 bits per heavy atom. The van der Waals surface area contributed by atoms with Crippen molar-refractivity contribution in [3.63, 3.8) is 0 Å². The van der Waals surface area contributed by atoms with Gasteiger partial charge in [-0.1, -0.05) is 39.0 Å². The molecule has 0 aromatic rings. The zero-order valence-electron chi connectivity index (χ0n) is 10.7. The van der Waals surface area contributed by atoms with Gasteiger partial charge in [0.1, 0.15) is 5.78 Å². The summed E-state index contributed by atoms with van der Waals surface area (Å²) in [5.41, 5.74) is 0. The van der Waals surface area contributed by atoms with Crippen LogP contribution in [0.2, 0.25) is 0 Å². The zero-order valence-corrected chi connectivity index (χ0v) is 10.7. The maximum Gasteiger partial charge on any atom is 0.216 e. The predicted octanol–water partition coefficient (Wildman–Crippen LogP) is 2.83. The van der Waals surface area contributed by atoms with E-state index in [1.807, 2.05) is 0 Å². The van der Waals surface area contributed by atoms with Gasteiger partial charge in [-0.05, 0) is 6.42 Å². The Labute approximate surface area is 99.0 Å². The summed E-state index contributed by atoms with van der Waals surface area (Å²) >= 11 is 0. The molecule has 0 heterocycles. The maximum atomic E-state index is 11.4. The number of nitrogens with one attached hydrogen (secondary N) is 1. The first-order valence-electron chi connectivity index (χ1n) is 6.43. The van der Waals surface area contributed by atoms with Crippen molar-refractivity contribution in [3.8, 4) is 0 Å². The minimum atomic E-state index is -0.0626. The molecule has 0 saturated carbocycles. The maximum absolute atomic E-state index is 11.4. The topological polar surface area (TPSA) is 46.2 Å². The number of Topliss-reactive ketones (excluding diaryl/α,β-unsaturated/α-hetero) is 1. The Kier molecular flexibility index (Phi) is 10.1. The van der Waals surface area contributed by atoms with E-state index in [2.05, 4.69) is 12.2 Å². The Bertz CT molecular complexity index is 202. The lowest BCUT2D eigenvalue weighted by Gasteiger charge is -2.02. The summed E-state index contributed by atoms with van der Waals surface area (Å²) in [7, 11) is 0. The van der Waals surface area contributed by atoms with Crippen molar-refractivity contribution in [2.45, 2.75) is 65.2 Å². The normalized spacial score (nSPS) is 10.1. The van der Waals surface area contributed by atoms with Crippen LogP contribution in [0, 0.1) is 0 Å². The molecule has 0 radical (unpaired) electrons. The third kappa shape index (κ3) is 11.2. The van der Waals surface area contributed by atoms with Gasteiger partial charge in [0.15, 0.2) is 0 Å². The van der Waals surface area contributed by atoms with Gasteiger partial charge in [-0.3, -0.25) is 9.59 Å².